The number of aryl methyl sites for hydroxylation is 1. The first kappa shape index (κ1) is 17.2. The van der Waals surface area contributed by atoms with Gasteiger partial charge in [-0.2, -0.15) is 5.10 Å². The fraction of sp³-hybridized carbons (Fsp3) is 0.312. The molecular weight excluding hydrogens is 340 g/mol. The van der Waals surface area contributed by atoms with Crippen molar-refractivity contribution in [3.8, 4) is 0 Å². The Kier molecular flexibility index (Phi) is 4.84. The number of fused-ring (bicyclic) bond motifs is 1. The maximum atomic E-state index is 12.6. The van der Waals surface area contributed by atoms with Crippen LogP contribution < -0.4 is 10.0 Å². The van der Waals surface area contributed by atoms with E-state index in [2.05, 4.69) is 32.0 Å². The Labute approximate surface area is 146 Å². The second kappa shape index (κ2) is 7.06. The summed E-state index contributed by atoms with van der Waals surface area (Å²) in [5.41, 5.74) is 1.32. The average Bonchev–Trinajstić information content (AvgIpc) is 3.02. The van der Waals surface area contributed by atoms with Gasteiger partial charge in [-0.05, 0) is 18.6 Å². The summed E-state index contributed by atoms with van der Waals surface area (Å²) >= 11 is 0. The normalized spacial score (nSPS) is 11.6. The lowest BCUT2D eigenvalue weighted by Crippen LogP contribution is -2.16. The lowest BCUT2D eigenvalue weighted by atomic mass is 10.3. The molecule has 3 aromatic rings. The first-order valence-electron chi connectivity index (χ1n) is 8.01. The highest BCUT2D eigenvalue weighted by Crippen LogP contribution is 2.24. The average molecular weight is 360 g/mol. The quantitative estimate of drug-likeness (QED) is 0.627. The van der Waals surface area contributed by atoms with Gasteiger partial charge in [0.25, 0.3) is 10.0 Å². The lowest BCUT2D eigenvalue weighted by molar-refractivity contribution is 0.601. The molecule has 0 saturated heterocycles. The molecule has 0 aliphatic carbocycles. The van der Waals surface area contributed by atoms with Crippen molar-refractivity contribution in [3.05, 3.63) is 36.7 Å². The summed E-state index contributed by atoms with van der Waals surface area (Å²) in [5.74, 6) is 0.596. The fourth-order valence-corrected chi connectivity index (χ4v) is 3.29. The van der Waals surface area contributed by atoms with Crippen LogP contribution in [0.1, 0.15) is 19.8 Å². The maximum Gasteiger partial charge on any atom is 0.266 e. The summed E-state index contributed by atoms with van der Waals surface area (Å²) in [6.07, 6.45) is 4.69. The Bertz CT molecular complexity index is 983. The number of anilines is 2. The highest BCUT2D eigenvalue weighted by atomic mass is 32.2. The number of para-hydroxylation sites is 2. The molecule has 0 saturated carbocycles. The van der Waals surface area contributed by atoms with E-state index in [1.807, 2.05) is 18.2 Å². The summed E-state index contributed by atoms with van der Waals surface area (Å²) in [6, 6.07) is 7.33. The van der Waals surface area contributed by atoms with Gasteiger partial charge < -0.3 is 5.32 Å². The number of nitrogens with one attached hydrogen (secondary N) is 2. The minimum absolute atomic E-state index is 0.0736. The van der Waals surface area contributed by atoms with Crippen molar-refractivity contribution >= 4 is 32.7 Å². The van der Waals surface area contributed by atoms with Crippen LogP contribution in [0.2, 0.25) is 0 Å². The topological polar surface area (TPSA) is 102 Å². The van der Waals surface area contributed by atoms with E-state index in [1.54, 1.807) is 13.1 Å². The van der Waals surface area contributed by atoms with Gasteiger partial charge in [0.05, 0.1) is 17.2 Å². The van der Waals surface area contributed by atoms with Gasteiger partial charge in [-0.1, -0.05) is 25.5 Å². The van der Waals surface area contributed by atoms with Crippen LogP contribution in [0.3, 0.4) is 0 Å². The molecule has 132 valence electrons. The molecule has 2 N–H and O–H groups in total. The van der Waals surface area contributed by atoms with Crippen LogP contribution in [-0.2, 0) is 17.1 Å². The molecule has 0 aliphatic rings. The van der Waals surface area contributed by atoms with Crippen molar-refractivity contribution in [2.75, 3.05) is 16.6 Å². The standard InChI is InChI=1S/C16H20N6O2S/c1-3-4-9-17-15-16(20-14-8-6-5-7-13(14)19-15)21-25(23,24)12-10-18-22(2)11-12/h5-8,10-11H,3-4,9H2,1-2H3,(H,17,19)(H,20,21). The van der Waals surface area contributed by atoms with E-state index in [0.717, 1.165) is 12.8 Å². The van der Waals surface area contributed by atoms with Gasteiger partial charge in [0.2, 0.25) is 0 Å². The molecule has 0 spiro atoms. The van der Waals surface area contributed by atoms with Gasteiger partial charge in [-0.15, -0.1) is 0 Å². The zero-order valence-electron chi connectivity index (χ0n) is 14.1. The third-order valence-electron chi connectivity index (χ3n) is 3.62. The number of hydrogen-bond acceptors (Lipinski definition) is 6. The largest absolute Gasteiger partial charge is 0.367 e. The van der Waals surface area contributed by atoms with Crippen molar-refractivity contribution < 1.29 is 8.42 Å². The molecule has 8 nitrogen and oxygen atoms in total. The van der Waals surface area contributed by atoms with E-state index >= 15 is 0 Å². The molecule has 1 aromatic carbocycles. The van der Waals surface area contributed by atoms with Crippen LogP contribution in [-0.4, -0.2) is 34.7 Å². The summed E-state index contributed by atoms with van der Waals surface area (Å²) in [6.45, 7) is 2.77. The SMILES string of the molecule is CCCCNc1nc2ccccc2nc1NS(=O)(=O)c1cnn(C)c1. The third-order valence-corrected chi connectivity index (χ3v) is 4.91. The van der Waals surface area contributed by atoms with Crippen molar-refractivity contribution in [2.45, 2.75) is 24.7 Å². The number of aromatic nitrogens is 4. The zero-order chi connectivity index (χ0) is 17.9. The Morgan fingerprint density at radius 2 is 1.80 bits per heavy atom. The first-order chi connectivity index (χ1) is 12.0. The van der Waals surface area contributed by atoms with Crippen molar-refractivity contribution in [1.29, 1.82) is 0 Å². The summed E-state index contributed by atoms with van der Waals surface area (Å²) in [5, 5.41) is 7.07. The van der Waals surface area contributed by atoms with Crippen LogP contribution >= 0.6 is 0 Å². The van der Waals surface area contributed by atoms with Crippen molar-refractivity contribution in [3.63, 3.8) is 0 Å². The Morgan fingerprint density at radius 3 is 2.40 bits per heavy atom. The third kappa shape index (κ3) is 3.87. The Morgan fingerprint density at radius 1 is 1.12 bits per heavy atom. The van der Waals surface area contributed by atoms with E-state index in [9.17, 15) is 8.42 Å². The van der Waals surface area contributed by atoms with E-state index in [4.69, 9.17) is 0 Å². The molecule has 9 heteroatoms. The minimum Gasteiger partial charge on any atom is -0.367 e. The second-order valence-electron chi connectivity index (χ2n) is 5.65. The van der Waals surface area contributed by atoms with Gasteiger partial charge in [0.1, 0.15) is 4.90 Å². The van der Waals surface area contributed by atoms with E-state index < -0.39 is 10.0 Å². The molecule has 2 aromatic heterocycles. The summed E-state index contributed by atoms with van der Waals surface area (Å²) in [4.78, 5) is 9.01. The molecule has 0 fully saturated rings. The predicted octanol–water partition coefficient (Wildman–Crippen LogP) is 2.38. The lowest BCUT2D eigenvalue weighted by Gasteiger charge is -2.13. The second-order valence-corrected chi connectivity index (χ2v) is 7.33. The molecule has 0 unspecified atom stereocenters. The van der Waals surface area contributed by atoms with Crippen molar-refractivity contribution in [2.24, 2.45) is 7.05 Å². The number of unbranched alkanes of at least 4 members (excludes halogenated alkanes) is 1. The van der Waals surface area contributed by atoms with Crippen LogP contribution in [0.15, 0.2) is 41.6 Å². The molecule has 0 amide bonds. The number of benzene rings is 1. The zero-order valence-corrected chi connectivity index (χ0v) is 14.9. The monoisotopic (exact) mass is 360 g/mol. The highest BCUT2D eigenvalue weighted by Gasteiger charge is 2.20. The molecule has 25 heavy (non-hydrogen) atoms. The van der Waals surface area contributed by atoms with Crippen LogP contribution in [0.4, 0.5) is 11.6 Å². The highest BCUT2D eigenvalue weighted by molar-refractivity contribution is 7.92. The van der Waals surface area contributed by atoms with Crippen LogP contribution in [0.5, 0.6) is 0 Å². The van der Waals surface area contributed by atoms with E-state index in [-0.39, 0.29) is 10.7 Å². The molecular formula is C16H20N6O2S. The van der Waals surface area contributed by atoms with Gasteiger partial charge >= 0.3 is 0 Å². The fourth-order valence-electron chi connectivity index (χ4n) is 2.30. The smallest absolute Gasteiger partial charge is 0.266 e. The molecule has 0 atom stereocenters. The van der Waals surface area contributed by atoms with E-state index in [1.165, 1.54) is 17.1 Å². The molecule has 0 radical (unpaired) electrons. The van der Waals surface area contributed by atoms with Crippen LogP contribution in [0, 0.1) is 0 Å². The molecule has 0 bridgehead atoms. The molecule has 0 aliphatic heterocycles. The van der Waals surface area contributed by atoms with E-state index in [0.29, 0.717) is 23.4 Å². The minimum atomic E-state index is -3.79. The molecule has 2 heterocycles. The number of rotatable bonds is 7. The Hall–Kier alpha value is -2.68. The van der Waals surface area contributed by atoms with Gasteiger partial charge in [-0.25, -0.2) is 18.4 Å². The predicted molar refractivity (Wildman–Crippen MR) is 97.0 cm³/mol. The van der Waals surface area contributed by atoms with Gasteiger partial charge in [0, 0.05) is 19.8 Å². The van der Waals surface area contributed by atoms with Gasteiger partial charge in [0.15, 0.2) is 11.6 Å². The number of hydrogen-bond donors (Lipinski definition) is 2. The van der Waals surface area contributed by atoms with Crippen molar-refractivity contribution in [1.82, 2.24) is 19.7 Å². The molecule has 3 rings (SSSR count). The number of nitrogens with zero attached hydrogens (tertiary/aromatic N) is 4. The summed E-state index contributed by atoms with van der Waals surface area (Å²) < 4.78 is 29.1. The summed E-state index contributed by atoms with van der Waals surface area (Å²) in [7, 11) is -2.13. The van der Waals surface area contributed by atoms with Crippen LogP contribution in [0.25, 0.3) is 11.0 Å². The Balaban J connectivity index is 1.99. The number of sulfonamides is 1. The first-order valence-corrected chi connectivity index (χ1v) is 9.50. The van der Waals surface area contributed by atoms with Gasteiger partial charge in [-0.3, -0.25) is 9.40 Å². The maximum absolute atomic E-state index is 12.6.